The molecule has 0 aliphatic carbocycles. The average molecular weight is 318 g/mol. The first-order valence-corrected chi connectivity index (χ1v) is 6.93. The fourth-order valence-corrected chi connectivity index (χ4v) is 1.87. The normalized spacial score (nSPS) is 10.1. The highest BCUT2D eigenvalue weighted by atomic mass is 19.1. The van der Waals surface area contributed by atoms with Crippen molar-refractivity contribution in [3.63, 3.8) is 0 Å². The number of rotatable bonds is 7. The lowest BCUT2D eigenvalue weighted by molar-refractivity contribution is -0.384. The highest BCUT2D eigenvalue weighted by Crippen LogP contribution is 2.19. The van der Waals surface area contributed by atoms with Gasteiger partial charge in [0.1, 0.15) is 11.6 Å². The van der Waals surface area contributed by atoms with E-state index in [-0.39, 0.29) is 37.0 Å². The number of nitrogens with zero attached hydrogens (tertiary/aromatic N) is 1. The van der Waals surface area contributed by atoms with E-state index in [1.807, 2.05) is 0 Å². The SMILES string of the molecule is O=C(CCOc1cccc([N+](=O)[O-])c1)NCc1ccccc1F. The summed E-state index contributed by atoms with van der Waals surface area (Å²) in [7, 11) is 0. The lowest BCUT2D eigenvalue weighted by atomic mass is 10.2. The van der Waals surface area contributed by atoms with Crippen molar-refractivity contribution in [1.82, 2.24) is 5.32 Å². The number of non-ortho nitro benzene ring substituents is 1. The van der Waals surface area contributed by atoms with E-state index in [2.05, 4.69) is 5.32 Å². The predicted molar refractivity (Wildman–Crippen MR) is 81.5 cm³/mol. The zero-order valence-electron chi connectivity index (χ0n) is 12.2. The second kappa shape index (κ2) is 7.88. The molecule has 0 aliphatic rings. The van der Waals surface area contributed by atoms with Gasteiger partial charge in [-0.3, -0.25) is 14.9 Å². The lowest BCUT2D eigenvalue weighted by Gasteiger charge is -2.08. The molecular weight excluding hydrogens is 303 g/mol. The van der Waals surface area contributed by atoms with Gasteiger partial charge in [-0.25, -0.2) is 4.39 Å². The number of nitro benzene ring substituents is 1. The maximum atomic E-state index is 13.4. The zero-order chi connectivity index (χ0) is 16.7. The first kappa shape index (κ1) is 16.4. The summed E-state index contributed by atoms with van der Waals surface area (Å²) < 4.78 is 18.7. The van der Waals surface area contributed by atoms with Crippen molar-refractivity contribution in [1.29, 1.82) is 0 Å². The highest BCUT2D eigenvalue weighted by Gasteiger charge is 2.08. The van der Waals surface area contributed by atoms with Gasteiger partial charge in [-0.2, -0.15) is 0 Å². The molecule has 0 aromatic heterocycles. The Morgan fingerprint density at radius 1 is 1.22 bits per heavy atom. The van der Waals surface area contributed by atoms with Crippen LogP contribution in [0.25, 0.3) is 0 Å². The smallest absolute Gasteiger partial charge is 0.273 e. The number of halogens is 1. The maximum Gasteiger partial charge on any atom is 0.273 e. The number of carbonyl (C=O) groups excluding carboxylic acids is 1. The van der Waals surface area contributed by atoms with Crippen LogP contribution in [0.5, 0.6) is 5.75 Å². The van der Waals surface area contributed by atoms with Gasteiger partial charge in [0, 0.05) is 18.2 Å². The molecule has 0 spiro atoms. The monoisotopic (exact) mass is 318 g/mol. The lowest BCUT2D eigenvalue weighted by Crippen LogP contribution is -2.24. The third-order valence-electron chi connectivity index (χ3n) is 3.06. The van der Waals surface area contributed by atoms with Gasteiger partial charge in [0.2, 0.25) is 5.91 Å². The minimum Gasteiger partial charge on any atom is -0.493 e. The number of ether oxygens (including phenoxy) is 1. The Hall–Kier alpha value is -2.96. The first-order chi connectivity index (χ1) is 11.1. The molecule has 0 atom stereocenters. The van der Waals surface area contributed by atoms with Crippen molar-refractivity contribution >= 4 is 11.6 Å². The number of hydrogen-bond acceptors (Lipinski definition) is 4. The summed E-state index contributed by atoms with van der Waals surface area (Å²) in [6.45, 7) is 0.173. The molecule has 1 N–H and O–H groups in total. The largest absolute Gasteiger partial charge is 0.493 e. The second-order valence-corrected chi connectivity index (χ2v) is 4.72. The fraction of sp³-hybridized carbons (Fsp3) is 0.188. The summed E-state index contributed by atoms with van der Waals surface area (Å²) in [6.07, 6.45) is 0.0666. The van der Waals surface area contributed by atoms with E-state index < -0.39 is 4.92 Å². The van der Waals surface area contributed by atoms with Crippen LogP contribution in [0.1, 0.15) is 12.0 Å². The van der Waals surface area contributed by atoms with Crippen LogP contribution in [0.15, 0.2) is 48.5 Å². The molecule has 6 nitrogen and oxygen atoms in total. The van der Waals surface area contributed by atoms with Gasteiger partial charge in [-0.1, -0.05) is 24.3 Å². The van der Waals surface area contributed by atoms with Gasteiger partial charge >= 0.3 is 0 Å². The van der Waals surface area contributed by atoms with Crippen LogP contribution in [-0.4, -0.2) is 17.4 Å². The number of benzene rings is 2. The summed E-state index contributed by atoms with van der Waals surface area (Å²) in [5.41, 5.74) is 0.326. The van der Waals surface area contributed by atoms with E-state index in [4.69, 9.17) is 4.74 Å². The molecular formula is C16H15FN2O4. The number of nitrogens with one attached hydrogen (secondary N) is 1. The molecule has 0 unspecified atom stereocenters. The molecule has 1 amide bonds. The van der Waals surface area contributed by atoms with Crippen LogP contribution < -0.4 is 10.1 Å². The Bertz CT molecular complexity index is 706. The molecule has 0 radical (unpaired) electrons. The second-order valence-electron chi connectivity index (χ2n) is 4.72. The minimum atomic E-state index is -0.520. The van der Waals surface area contributed by atoms with Crippen molar-refractivity contribution in [2.75, 3.05) is 6.61 Å². The van der Waals surface area contributed by atoms with Crippen molar-refractivity contribution in [2.45, 2.75) is 13.0 Å². The van der Waals surface area contributed by atoms with E-state index in [9.17, 15) is 19.3 Å². The van der Waals surface area contributed by atoms with Crippen LogP contribution >= 0.6 is 0 Å². The average Bonchev–Trinajstić information content (AvgIpc) is 2.54. The molecule has 7 heteroatoms. The van der Waals surface area contributed by atoms with Gasteiger partial charge in [-0.15, -0.1) is 0 Å². The summed E-state index contributed by atoms with van der Waals surface area (Å²) in [5.74, 6) is -0.347. The molecule has 0 saturated carbocycles. The molecule has 0 bridgehead atoms. The number of amides is 1. The maximum absolute atomic E-state index is 13.4. The summed E-state index contributed by atoms with van der Waals surface area (Å²) >= 11 is 0. The quantitative estimate of drug-likeness (QED) is 0.628. The van der Waals surface area contributed by atoms with Crippen LogP contribution in [0.2, 0.25) is 0 Å². The van der Waals surface area contributed by atoms with E-state index in [1.54, 1.807) is 24.3 Å². The van der Waals surface area contributed by atoms with Crippen LogP contribution in [0, 0.1) is 15.9 Å². The Kier molecular flexibility index (Phi) is 5.62. The van der Waals surface area contributed by atoms with E-state index in [1.165, 1.54) is 24.3 Å². The topological polar surface area (TPSA) is 81.5 Å². The Balaban J connectivity index is 1.76. The summed E-state index contributed by atoms with van der Waals surface area (Å²) in [4.78, 5) is 21.8. The molecule has 0 aliphatic heterocycles. The third kappa shape index (κ3) is 5.06. The van der Waals surface area contributed by atoms with Crippen molar-refractivity contribution in [3.05, 3.63) is 70.0 Å². The predicted octanol–water partition coefficient (Wildman–Crippen LogP) is 2.82. The Morgan fingerprint density at radius 3 is 2.74 bits per heavy atom. The van der Waals surface area contributed by atoms with Gasteiger partial charge in [0.15, 0.2) is 0 Å². The van der Waals surface area contributed by atoms with E-state index in [0.717, 1.165) is 0 Å². The molecule has 2 rings (SSSR count). The standard InChI is InChI=1S/C16H15FN2O4/c17-15-7-2-1-4-12(15)11-18-16(20)8-9-23-14-6-3-5-13(10-14)19(21)22/h1-7,10H,8-9,11H2,(H,18,20). The van der Waals surface area contributed by atoms with Crippen LogP contribution in [-0.2, 0) is 11.3 Å². The molecule has 2 aromatic carbocycles. The first-order valence-electron chi connectivity index (χ1n) is 6.93. The highest BCUT2D eigenvalue weighted by molar-refractivity contribution is 5.76. The van der Waals surface area contributed by atoms with Gasteiger partial charge in [-0.05, 0) is 12.1 Å². The number of hydrogen-bond donors (Lipinski definition) is 1. The molecule has 2 aromatic rings. The molecule has 0 heterocycles. The molecule has 23 heavy (non-hydrogen) atoms. The zero-order valence-corrected chi connectivity index (χ0v) is 12.2. The van der Waals surface area contributed by atoms with Crippen molar-refractivity contribution in [3.8, 4) is 5.75 Å². The fourth-order valence-electron chi connectivity index (χ4n) is 1.87. The van der Waals surface area contributed by atoms with Gasteiger partial charge < -0.3 is 10.1 Å². The van der Waals surface area contributed by atoms with Crippen LogP contribution in [0.3, 0.4) is 0 Å². The van der Waals surface area contributed by atoms with E-state index >= 15 is 0 Å². The van der Waals surface area contributed by atoms with Gasteiger partial charge in [0.05, 0.1) is 24.0 Å². The molecule has 120 valence electrons. The third-order valence-corrected chi connectivity index (χ3v) is 3.06. The minimum absolute atomic E-state index is 0.0666. The number of nitro groups is 1. The number of carbonyl (C=O) groups is 1. The summed E-state index contributed by atoms with van der Waals surface area (Å²) in [6, 6.07) is 11.9. The van der Waals surface area contributed by atoms with Gasteiger partial charge in [0.25, 0.3) is 5.69 Å². The Labute approximate surface area is 132 Å². The molecule has 0 saturated heterocycles. The Morgan fingerprint density at radius 2 is 2.00 bits per heavy atom. The van der Waals surface area contributed by atoms with Crippen molar-refractivity contribution < 1.29 is 18.8 Å². The summed E-state index contributed by atoms with van der Waals surface area (Å²) in [5, 5.41) is 13.2. The van der Waals surface area contributed by atoms with Crippen molar-refractivity contribution in [2.24, 2.45) is 0 Å². The van der Waals surface area contributed by atoms with Crippen LogP contribution in [0.4, 0.5) is 10.1 Å². The molecule has 0 fully saturated rings. The van der Waals surface area contributed by atoms with E-state index in [0.29, 0.717) is 11.3 Å².